The van der Waals surface area contributed by atoms with Crippen molar-refractivity contribution in [3.05, 3.63) is 0 Å². The topological polar surface area (TPSA) is 69.6 Å². The number of aliphatic carboxylic acids is 1. The van der Waals surface area contributed by atoms with Crippen LogP contribution in [0.25, 0.3) is 0 Å². The minimum absolute atomic E-state index is 0.0395. The third-order valence-corrected chi connectivity index (χ3v) is 2.89. The van der Waals surface area contributed by atoms with Crippen molar-refractivity contribution >= 4 is 11.9 Å². The Labute approximate surface area is 110 Å². The smallest absolute Gasteiger partial charge is 0.303 e. The molecular formula is C13H26N2O3. The molecule has 18 heavy (non-hydrogen) atoms. The molecule has 0 fully saturated rings. The maximum Gasteiger partial charge on any atom is 0.303 e. The number of carbonyl (C=O) groups is 2. The molecule has 5 nitrogen and oxygen atoms in total. The summed E-state index contributed by atoms with van der Waals surface area (Å²) in [6.07, 6.45) is 0.312. The van der Waals surface area contributed by atoms with Crippen LogP contribution in [-0.4, -0.2) is 47.6 Å². The van der Waals surface area contributed by atoms with E-state index in [-0.39, 0.29) is 30.7 Å². The number of amides is 1. The molecule has 0 aliphatic rings. The fourth-order valence-corrected chi connectivity index (χ4v) is 1.94. The maximum absolute atomic E-state index is 11.7. The molecule has 0 aliphatic carbocycles. The summed E-state index contributed by atoms with van der Waals surface area (Å²) in [4.78, 5) is 24.4. The van der Waals surface area contributed by atoms with Crippen LogP contribution in [0.5, 0.6) is 0 Å². The molecule has 1 amide bonds. The first-order valence-corrected chi connectivity index (χ1v) is 6.62. The molecule has 0 bridgehead atoms. The molecular weight excluding hydrogens is 232 g/mol. The Kier molecular flexibility index (Phi) is 8.37. The molecule has 0 aromatic rings. The zero-order chi connectivity index (χ0) is 14.1. The van der Waals surface area contributed by atoms with E-state index < -0.39 is 5.97 Å². The molecule has 2 atom stereocenters. The number of carboxylic acids is 1. The number of nitrogens with zero attached hydrogens (tertiary/aromatic N) is 1. The maximum atomic E-state index is 11.7. The minimum atomic E-state index is -0.855. The molecule has 0 aromatic carbocycles. The van der Waals surface area contributed by atoms with Crippen molar-refractivity contribution in [2.24, 2.45) is 5.92 Å². The van der Waals surface area contributed by atoms with E-state index in [2.05, 4.69) is 24.1 Å². The van der Waals surface area contributed by atoms with E-state index >= 15 is 0 Å². The third-order valence-electron chi connectivity index (χ3n) is 2.89. The van der Waals surface area contributed by atoms with Crippen molar-refractivity contribution in [1.82, 2.24) is 10.2 Å². The van der Waals surface area contributed by atoms with E-state index in [9.17, 15) is 9.59 Å². The monoisotopic (exact) mass is 258 g/mol. The van der Waals surface area contributed by atoms with Crippen LogP contribution in [0.3, 0.4) is 0 Å². The Hall–Kier alpha value is -1.10. The molecule has 106 valence electrons. The molecule has 2 unspecified atom stereocenters. The number of nitrogens with one attached hydrogen (secondary N) is 1. The summed E-state index contributed by atoms with van der Waals surface area (Å²) in [5, 5.41) is 11.5. The van der Waals surface area contributed by atoms with Crippen molar-refractivity contribution in [3.8, 4) is 0 Å². The lowest BCUT2D eigenvalue weighted by Gasteiger charge is -2.23. The highest BCUT2D eigenvalue weighted by Crippen LogP contribution is 2.07. The van der Waals surface area contributed by atoms with Gasteiger partial charge >= 0.3 is 5.97 Å². The molecule has 0 spiro atoms. The Morgan fingerprint density at radius 3 is 2.17 bits per heavy atom. The van der Waals surface area contributed by atoms with Gasteiger partial charge in [0.25, 0.3) is 0 Å². The van der Waals surface area contributed by atoms with Gasteiger partial charge in [-0.15, -0.1) is 0 Å². The largest absolute Gasteiger partial charge is 0.481 e. The predicted octanol–water partition coefficient (Wildman–Crippen LogP) is 1.33. The fourth-order valence-electron chi connectivity index (χ4n) is 1.94. The number of hydrogen-bond acceptors (Lipinski definition) is 3. The molecule has 0 radical (unpaired) electrons. The first-order valence-electron chi connectivity index (χ1n) is 6.62. The third kappa shape index (κ3) is 8.06. The summed E-state index contributed by atoms with van der Waals surface area (Å²) < 4.78 is 0. The van der Waals surface area contributed by atoms with E-state index in [0.717, 1.165) is 19.6 Å². The van der Waals surface area contributed by atoms with Gasteiger partial charge < -0.3 is 15.3 Å². The molecule has 0 heterocycles. The van der Waals surface area contributed by atoms with Gasteiger partial charge in [0.15, 0.2) is 0 Å². The van der Waals surface area contributed by atoms with E-state index in [1.807, 2.05) is 6.92 Å². The molecule has 2 N–H and O–H groups in total. The van der Waals surface area contributed by atoms with Gasteiger partial charge in [-0.1, -0.05) is 20.8 Å². The number of hydrogen-bond donors (Lipinski definition) is 2. The van der Waals surface area contributed by atoms with E-state index in [1.54, 1.807) is 6.92 Å². The molecule has 0 aromatic heterocycles. The van der Waals surface area contributed by atoms with Gasteiger partial charge in [0.2, 0.25) is 5.91 Å². The molecule has 0 saturated heterocycles. The number of carbonyl (C=O) groups excluding carboxylic acids is 1. The van der Waals surface area contributed by atoms with Gasteiger partial charge in [-0.25, -0.2) is 0 Å². The van der Waals surface area contributed by atoms with Gasteiger partial charge in [0.1, 0.15) is 0 Å². The average molecular weight is 258 g/mol. The average Bonchev–Trinajstić information content (AvgIpc) is 2.23. The highest BCUT2D eigenvalue weighted by molar-refractivity contribution is 5.77. The number of likely N-dealkylation sites (N-methyl/N-ethyl adjacent to an activating group) is 1. The lowest BCUT2D eigenvalue weighted by Crippen LogP contribution is -2.42. The van der Waals surface area contributed by atoms with Crippen LogP contribution in [0.1, 0.15) is 40.5 Å². The van der Waals surface area contributed by atoms with E-state index in [0.29, 0.717) is 0 Å². The molecule has 0 rings (SSSR count). The van der Waals surface area contributed by atoms with Gasteiger partial charge in [0.05, 0.1) is 0 Å². The lowest BCUT2D eigenvalue weighted by molar-refractivity contribution is -0.138. The summed E-state index contributed by atoms with van der Waals surface area (Å²) >= 11 is 0. The van der Waals surface area contributed by atoms with Crippen molar-refractivity contribution in [3.63, 3.8) is 0 Å². The highest BCUT2D eigenvalue weighted by Gasteiger charge is 2.15. The van der Waals surface area contributed by atoms with Gasteiger partial charge in [0, 0.05) is 25.4 Å². The van der Waals surface area contributed by atoms with Crippen molar-refractivity contribution in [1.29, 1.82) is 0 Å². The van der Waals surface area contributed by atoms with E-state index in [1.165, 1.54) is 0 Å². The summed E-state index contributed by atoms with van der Waals surface area (Å²) in [6.45, 7) is 10.7. The second kappa shape index (κ2) is 8.91. The summed E-state index contributed by atoms with van der Waals surface area (Å²) in [7, 11) is 0. The van der Waals surface area contributed by atoms with Gasteiger partial charge in [-0.05, 0) is 25.9 Å². The zero-order valence-corrected chi connectivity index (χ0v) is 11.9. The Morgan fingerprint density at radius 2 is 1.72 bits per heavy atom. The van der Waals surface area contributed by atoms with Crippen LogP contribution >= 0.6 is 0 Å². The molecule has 5 heteroatoms. The fraction of sp³-hybridized carbons (Fsp3) is 0.846. The Morgan fingerprint density at radius 1 is 1.17 bits per heavy atom. The lowest BCUT2D eigenvalue weighted by atomic mass is 10.0. The van der Waals surface area contributed by atoms with Crippen LogP contribution in [0.2, 0.25) is 0 Å². The standard InChI is InChI=1S/C13H26N2O3/c1-5-15(6-2)9-11(4)14-12(16)7-10(3)8-13(17)18/h10-11H,5-9H2,1-4H3,(H,14,16)(H,17,18). The summed E-state index contributed by atoms with van der Waals surface area (Å²) in [5.41, 5.74) is 0. The van der Waals surface area contributed by atoms with Crippen LogP contribution in [0.15, 0.2) is 0 Å². The second-order valence-corrected chi connectivity index (χ2v) is 4.86. The van der Waals surface area contributed by atoms with Gasteiger partial charge in [-0.3, -0.25) is 9.59 Å². The first kappa shape index (κ1) is 16.9. The SMILES string of the molecule is CCN(CC)CC(C)NC(=O)CC(C)CC(=O)O. The first-order chi connectivity index (χ1) is 8.38. The minimum Gasteiger partial charge on any atom is -0.481 e. The van der Waals surface area contributed by atoms with Crippen molar-refractivity contribution in [2.45, 2.75) is 46.6 Å². The normalized spacial score (nSPS) is 14.3. The molecule has 0 saturated carbocycles. The second-order valence-electron chi connectivity index (χ2n) is 4.86. The zero-order valence-electron chi connectivity index (χ0n) is 11.9. The van der Waals surface area contributed by atoms with Crippen LogP contribution in [0, 0.1) is 5.92 Å². The molecule has 0 aliphatic heterocycles. The van der Waals surface area contributed by atoms with Crippen molar-refractivity contribution < 1.29 is 14.7 Å². The summed E-state index contributed by atoms with van der Waals surface area (Å²) in [6, 6.07) is 0.0921. The predicted molar refractivity (Wildman–Crippen MR) is 71.4 cm³/mol. The highest BCUT2D eigenvalue weighted by atomic mass is 16.4. The Balaban J connectivity index is 3.96. The van der Waals surface area contributed by atoms with Crippen LogP contribution in [-0.2, 0) is 9.59 Å². The Bertz CT molecular complexity index is 265. The number of rotatable bonds is 9. The van der Waals surface area contributed by atoms with Crippen LogP contribution < -0.4 is 5.32 Å². The van der Waals surface area contributed by atoms with Gasteiger partial charge in [-0.2, -0.15) is 0 Å². The summed E-state index contributed by atoms with van der Waals surface area (Å²) in [5.74, 6) is -1.04. The quantitative estimate of drug-likeness (QED) is 0.654. The van der Waals surface area contributed by atoms with E-state index in [4.69, 9.17) is 5.11 Å². The van der Waals surface area contributed by atoms with Crippen LogP contribution in [0.4, 0.5) is 0 Å². The van der Waals surface area contributed by atoms with Crippen molar-refractivity contribution in [2.75, 3.05) is 19.6 Å². The number of carboxylic acid groups (broad SMARTS) is 1.